The lowest BCUT2D eigenvalue weighted by molar-refractivity contribution is -0.117. The third-order valence-corrected chi connectivity index (χ3v) is 3.55. The Morgan fingerprint density at radius 2 is 2.15 bits per heavy atom. The number of nitrogens with two attached hydrogens (primary N) is 1. The van der Waals surface area contributed by atoms with Crippen molar-refractivity contribution >= 4 is 49.4 Å². The summed E-state index contributed by atoms with van der Waals surface area (Å²) in [6, 6.07) is 2.54. The number of carbonyl (C=O) groups is 2. The molecule has 0 aliphatic heterocycles. The molecule has 5 nitrogen and oxygen atoms in total. The normalized spacial score (nSPS) is 11.6. The van der Waals surface area contributed by atoms with Crippen LogP contribution in [0.15, 0.2) is 33.7 Å². The van der Waals surface area contributed by atoms with Gasteiger partial charge >= 0.3 is 5.97 Å². The number of carbonyl (C=O) groups excluding carboxylic acids is 2. The van der Waals surface area contributed by atoms with Crippen molar-refractivity contribution in [3.8, 4) is 0 Å². The molecule has 0 aliphatic rings. The number of hydrogen-bond donors (Lipinski definition) is 2. The van der Waals surface area contributed by atoms with Crippen molar-refractivity contribution in [3.05, 3.63) is 39.3 Å². The molecule has 0 aromatic heterocycles. The van der Waals surface area contributed by atoms with Crippen LogP contribution in [0.2, 0.25) is 0 Å². The van der Waals surface area contributed by atoms with Gasteiger partial charge in [-0.15, -0.1) is 6.58 Å². The summed E-state index contributed by atoms with van der Waals surface area (Å²) in [5.41, 5.74) is 6.24. The quantitative estimate of drug-likeness (QED) is 0.582. The third kappa shape index (κ3) is 4.16. The summed E-state index contributed by atoms with van der Waals surface area (Å²) in [6.07, 6.45) is 1.90. The molecular formula is C13H14Br2N2O3. The van der Waals surface area contributed by atoms with E-state index < -0.39 is 17.9 Å². The molecule has 20 heavy (non-hydrogen) atoms. The Balaban J connectivity index is 3.13. The first-order chi connectivity index (χ1) is 9.40. The van der Waals surface area contributed by atoms with Crippen LogP contribution in [0.1, 0.15) is 16.8 Å². The monoisotopic (exact) mass is 404 g/mol. The zero-order valence-corrected chi connectivity index (χ0v) is 14.0. The Kier molecular flexibility index (Phi) is 6.38. The van der Waals surface area contributed by atoms with Crippen molar-refractivity contribution in [1.82, 2.24) is 0 Å². The van der Waals surface area contributed by atoms with Crippen LogP contribution in [0.5, 0.6) is 0 Å². The van der Waals surface area contributed by atoms with Gasteiger partial charge in [-0.05, 0) is 34.5 Å². The van der Waals surface area contributed by atoms with Gasteiger partial charge in [0, 0.05) is 8.95 Å². The van der Waals surface area contributed by atoms with Gasteiger partial charge in [-0.3, -0.25) is 4.79 Å². The number of rotatable bonds is 5. The van der Waals surface area contributed by atoms with E-state index in [9.17, 15) is 9.59 Å². The minimum absolute atomic E-state index is 0.230. The van der Waals surface area contributed by atoms with Crippen molar-refractivity contribution < 1.29 is 14.3 Å². The molecule has 1 rings (SSSR count). The molecule has 0 spiro atoms. The van der Waals surface area contributed by atoms with E-state index in [1.807, 2.05) is 0 Å². The molecule has 0 saturated carbocycles. The van der Waals surface area contributed by atoms with Crippen molar-refractivity contribution in [1.29, 1.82) is 0 Å². The SMILES string of the molecule is C=CCC(N)C(=O)Nc1c(Br)cc(Br)cc1C(=O)OC. The molecule has 7 heteroatoms. The van der Waals surface area contributed by atoms with Crippen LogP contribution >= 0.6 is 31.9 Å². The molecule has 0 bridgehead atoms. The fourth-order valence-corrected chi connectivity index (χ4v) is 2.80. The predicted octanol–water partition coefficient (Wildman–Crippen LogP) is 2.84. The average Bonchev–Trinajstić information content (AvgIpc) is 2.40. The first kappa shape index (κ1) is 16.9. The van der Waals surface area contributed by atoms with Crippen molar-refractivity contribution in [2.75, 3.05) is 12.4 Å². The van der Waals surface area contributed by atoms with Crippen molar-refractivity contribution in [2.24, 2.45) is 5.73 Å². The summed E-state index contributed by atoms with van der Waals surface area (Å²) < 4.78 is 5.92. The second-order valence-corrected chi connectivity index (χ2v) is 5.69. The predicted molar refractivity (Wildman–Crippen MR) is 84.6 cm³/mol. The molecule has 1 amide bonds. The van der Waals surface area contributed by atoms with Crippen LogP contribution < -0.4 is 11.1 Å². The fraction of sp³-hybridized carbons (Fsp3) is 0.231. The van der Waals surface area contributed by atoms with Gasteiger partial charge in [-0.2, -0.15) is 0 Å². The first-order valence-electron chi connectivity index (χ1n) is 5.65. The lowest BCUT2D eigenvalue weighted by Crippen LogP contribution is -2.35. The molecule has 1 aromatic carbocycles. The zero-order valence-electron chi connectivity index (χ0n) is 10.8. The van der Waals surface area contributed by atoms with Gasteiger partial charge in [0.15, 0.2) is 0 Å². The highest BCUT2D eigenvalue weighted by atomic mass is 79.9. The summed E-state index contributed by atoms with van der Waals surface area (Å²) in [5.74, 6) is -0.960. The molecule has 1 unspecified atom stereocenters. The molecule has 108 valence electrons. The highest BCUT2D eigenvalue weighted by molar-refractivity contribution is 9.11. The number of benzene rings is 1. The highest BCUT2D eigenvalue weighted by Crippen LogP contribution is 2.31. The number of hydrogen-bond acceptors (Lipinski definition) is 4. The Morgan fingerprint density at radius 1 is 1.50 bits per heavy atom. The van der Waals surface area contributed by atoms with Crippen molar-refractivity contribution in [3.63, 3.8) is 0 Å². The van der Waals surface area contributed by atoms with E-state index >= 15 is 0 Å². The molecule has 1 aromatic rings. The van der Waals surface area contributed by atoms with E-state index in [-0.39, 0.29) is 5.56 Å². The molecule has 0 aliphatic carbocycles. The minimum atomic E-state index is -0.728. The van der Waals surface area contributed by atoms with Gasteiger partial charge in [0.1, 0.15) is 0 Å². The topological polar surface area (TPSA) is 81.4 Å². The Bertz CT molecular complexity index is 547. The lowest BCUT2D eigenvalue weighted by Gasteiger charge is -2.15. The summed E-state index contributed by atoms with van der Waals surface area (Å²) in [5, 5.41) is 2.63. The second kappa shape index (κ2) is 7.56. The van der Waals surface area contributed by atoms with E-state index in [1.165, 1.54) is 7.11 Å². The summed E-state index contributed by atoms with van der Waals surface area (Å²) in [6.45, 7) is 3.53. The number of anilines is 1. The Labute approximate surface area is 133 Å². The third-order valence-electron chi connectivity index (χ3n) is 2.47. The Hall–Kier alpha value is -1.18. The molecule has 1 atom stereocenters. The van der Waals surface area contributed by atoms with Gasteiger partial charge in [0.25, 0.3) is 0 Å². The number of ether oxygens (including phenoxy) is 1. The van der Waals surface area contributed by atoms with Crippen LogP contribution in [0, 0.1) is 0 Å². The Morgan fingerprint density at radius 3 is 2.70 bits per heavy atom. The van der Waals surface area contributed by atoms with Crippen LogP contribution in [-0.2, 0) is 9.53 Å². The van der Waals surface area contributed by atoms with Gasteiger partial charge < -0.3 is 15.8 Å². The minimum Gasteiger partial charge on any atom is -0.465 e. The zero-order chi connectivity index (χ0) is 15.3. The maximum atomic E-state index is 11.9. The van der Waals surface area contributed by atoms with Crippen LogP contribution in [0.3, 0.4) is 0 Å². The lowest BCUT2D eigenvalue weighted by atomic mass is 10.1. The number of esters is 1. The van der Waals surface area contributed by atoms with E-state index in [0.29, 0.717) is 21.1 Å². The van der Waals surface area contributed by atoms with Crippen LogP contribution in [0.25, 0.3) is 0 Å². The van der Waals surface area contributed by atoms with Gasteiger partial charge in [0.05, 0.1) is 24.4 Å². The fourth-order valence-electron chi connectivity index (χ4n) is 1.47. The van der Waals surface area contributed by atoms with Crippen LogP contribution in [-0.4, -0.2) is 25.0 Å². The van der Waals surface area contributed by atoms with E-state index in [1.54, 1.807) is 18.2 Å². The standard InChI is InChI=1S/C13H14Br2N2O3/c1-3-4-10(16)12(18)17-11-8(13(19)20-2)5-7(14)6-9(11)15/h3,5-6,10H,1,4,16H2,2H3,(H,17,18). The molecule has 0 radical (unpaired) electrons. The molecular weight excluding hydrogens is 392 g/mol. The maximum absolute atomic E-state index is 11.9. The van der Waals surface area contributed by atoms with E-state index in [4.69, 9.17) is 10.5 Å². The van der Waals surface area contributed by atoms with E-state index in [2.05, 4.69) is 43.8 Å². The number of amides is 1. The molecule has 0 fully saturated rings. The average molecular weight is 406 g/mol. The van der Waals surface area contributed by atoms with Gasteiger partial charge in [0.2, 0.25) is 5.91 Å². The number of halogens is 2. The van der Waals surface area contributed by atoms with Gasteiger partial charge in [-0.1, -0.05) is 22.0 Å². The maximum Gasteiger partial charge on any atom is 0.340 e. The van der Waals surface area contributed by atoms with Gasteiger partial charge in [-0.25, -0.2) is 4.79 Å². The van der Waals surface area contributed by atoms with E-state index in [0.717, 1.165) is 0 Å². The first-order valence-corrected chi connectivity index (χ1v) is 7.24. The van der Waals surface area contributed by atoms with Crippen molar-refractivity contribution in [2.45, 2.75) is 12.5 Å². The molecule has 0 heterocycles. The van der Waals surface area contributed by atoms with Crippen LogP contribution in [0.4, 0.5) is 5.69 Å². The number of nitrogens with one attached hydrogen (secondary N) is 1. The molecule has 0 saturated heterocycles. The second-order valence-electron chi connectivity index (χ2n) is 3.92. The smallest absolute Gasteiger partial charge is 0.340 e. The highest BCUT2D eigenvalue weighted by Gasteiger charge is 2.20. The number of methoxy groups -OCH3 is 1. The largest absolute Gasteiger partial charge is 0.465 e. The summed E-state index contributed by atoms with van der Waals surface area (Å²) >= 11 is 6.57. The molecule has 3 N–H and O–H groups in total. The summed E-state index contributed by atoms with van der Waals surface area (Å²) in [4.78, 5) is 23.7. The summed E-state index contributed by atoms with van der Waals surface area (Å²) in [7, 11) is 1.27.